The summed E-state index contributed by atoms with van der Waals surface area (Å²) < 4.78 is 103. The average molecular weight is 1050 g/mol. The van der Waals surface area contributed by atoms with Crippen molar-refractivity contribution in [3.63, 3.8) is 0 Å². The molecule has 3 fully saturated rings. The minimum atomic E-state index is -5.93. The van der Waals surface area contributed by atoms with Crippen LogP contribution in [0.5, 0.6) is 11.6 Å². The van der Waals surface area contributed by atoms with Crippen LogP contribution in [0.4, 0.5) is 18.0 Å². The number of hydrogen-bond donors (Lipinski definition) is 4. The van der Waals surface area contributed by atoms with Crippen molar-refractivity contribution in [3.8, 4) is 11.6 Å². The summed E-state index contributed by atoms with van der Waals surface area (Å²) in [4.78, 5) is 60.3. The van der Waals surface area contributed by atoms with Crippen molar-refractivity contribution in [2.75, 3.05) is 20.3 Å². The fourth-order valence-corrected chi connectivity index (χ4v) is 12.4. The monoisotopic (exact) mass is 1050 g/mol. The molecule has 354 valence electrons. The Morgan fingerprint density at radius 1 is 1.11 bits per heavy atom. The third-order valence-corrected chi connectivity index (χ3v) is 18.0. The van der Waals surface area contributed by atoms with Crippen LogP contribution in [0.3, 0.4) is 0 Å². The van der Waals surface area contributed by atoms with Crippen molar-refractivity contribution in [1.82, 2.24) is 25.2 Å². The predicted molar refractivity (Wildman–Crippen MR) is 221 cm³/mol. The van der Waals surface area contributed by atoms with Crippen LogP contribution in [0.1, 0.15) is 82.8 Å². The molecule has 1 aromatic heterocycles. The van der Waals surface area contributed by atoms with E-state index in [1.165, 1.54) is 30.2 Å². The van der Waals surface area contributed by atoms with Gasteiger partial charge in [0.15, 0.2) is 0 Å². The quantitative estimate of drug-likeness (QED) is 0.0408. The first kappa shape index (κ1) is 49.2. The number of nitrogens with one attached hydrogen (secondary N) is 3. The second-order valence-electron chi connectivity index (χ2n) is 17.2. The first-order valence-electron chi connectivity index (χ1n) is 20.7. The number of aliphatic hydroxyl groups excluding tert-OH is 1. The van der Waals surface area contributed by atoms with Gasteiger partial charge in [-0.05, 0) is 43.4 Å². The maximum atomic E-state index is 14.4. The molecule has 23 heteroatoms. The molecule has 17 nitrogen and oxygen atoms in total. The van der Waals surface area contributed by atoms with Crippen molar-refractivity contribution < 1.29 is 89.2 Å². The zero-order valence-corrected chi connectivity index (χ0v) is 39.4. The van der Waals surface area contributed by atoms with E-state index in [4.69, 9.17) is 9.47 Å². The topological polar surface area (TPSA) is 237 Å². The van der Waals surface area contributed by atoms with E-state index in [1.54, 1.807) is 13.0 Å². The van der Waals surface area contributed by atoms with Crippen LogP contribution < -0.4 is 45.5 Å². The van der Waals surface area contributed by atoms with E-state index in [0.717, 1.165) is 30.9 Å². The number of alkyl halides is 5. The molecule has 1 saturated carbocycles. The zero-order valence-electron chi connectivity index (χ0n) is 35.6. The molecule has 1 aromatic carbocycles. The molecule has 0 unspecified atom stereocenters. The maximum absolute atomic E-state index is 14.4. The first-order chi connectivity index (χ1) is 29.9. The van der Waals surface area contributed by atoms with E-state index in [0.29, 0.717) is 48.8 Å². The van der Waals surface area contributed by atoms with Crippen LogP contribution in [0.2, 0.25) is 0 Å². The van der Waals surface area contributed by atoms with E-state index in [9.17, 15) is 54.3 Å². The summed E-state index contributed by atoms with van der Waals surface area (Å²) in [6.45, 7) is 8.85. The number of β-amino-alcohol motifs (C(OH)–C–C–N with tert-alkyl or cyclic N) is 1. The number of amides is 4. The third-order valence-electron chi connectivity index (χ3n) is 11.7. The van der Waals surface area contributed by atoms with Crippen LogP contribution in [0.15, 0.2) is 41.8 Å². The van der Waals surface area contributed by atoms with Crippen molar-refractivity contribution in [3.05, 3.63) is 53.0 Å². The molecule has 5 atom stereocenters. The van der Waals surface area contributed by atoms with Crippen LogP contribution >= 0.6 is 0 Å². The number of benzene rings is 1. The molecular weight excluding hydrogens is 1000 g/mol. The standard InChI is InChI=1S/C41H52F3IN5O12S2/c1-6-32-40(45-32,37(54)49-63(56,57)27-14-15-27)48-35(52)30-19-26(51)21-50(30)36(53)34(24-11-8-7-9-12-24)47-38(55)61-22-39(3,4)16-10-13-25-18-28-23(2)17-33(46-29(28)20-31(25)60-5)62-64(58,59)41(42,43)44/h6,14,17-18,20,24,26,30,32,34,51H,1,7-13,15-16,19,21-22H2,2-5H3,(H,47,55)(H,48,52)(H,49,54)/q-1/t26-,30+,32+,34+,40-/m1/s1. The molecule has 4 amide bonds. The van der Waals surface area contributed by atoms with Crippen LogP contribution in [-0.4, -0.2) is 107 Å². The number of aromatic nitrogens is 1. The number of carbonyl (C=O) groups excluding carboxylic acids is 4. The second-order valence-corrected chi connectivity index (χ2v) is 24.1. The van der Waals surface area contributed by atoms with Crippen LogP contribution in [0.25, 0.3) is 10.9 Å². The van der Waals surface area contributed by atoms with Crippen molar-refractivity contribution in [1.29, 1.82) is 0 Å². The van der Waals surface area contributed by atoms with Gasteiger partial charge in [-0.15, -0.1) is 0 Å². The van der Waals surface area contributed by atoms with Crippen LogP contribution in [-0.2, 0) is 45.7 Å². The van der Waals surface area contributed by atoms with Gasteiger partial charge in [0.1, 0.15) is 5.75 Å². The number of aliphatic hydroxyl groups is 1. The number of alkyl carbamates (subject to hydrolysis) is 1. The average Bonchev–Trinajstić information content (AvgIpc) is 4.15. The van der Waals surface area contributed by atoms with Gasteiger partial charge in [-0.3, -0.25) is 0 Å². The van der Waals surface area contributed by atoms with Gasteiger partial charge in [0.05, 0.1) is 12.6 Å². The fraction of sp³-hybridized carbons (Fsp3) is 0.585. The van der Waals surface area contributed by atoms with Gasteiger partial charge in [0, 0.05) is 17.5 Å². The molecule has 64 heavy (non-hydrogen) atoms. The minimum absolute atomic E-state index is 0.0376. The number of methoxy groups -OCH3 is 1. The molecule has 6 rings (SSSR count). The normalized spacial score (nSPS) is 23.2. The number of pyridine rings is 1. The number of halogens is 4. The molecule has 4 aliphatic rings. The Bertz CT molecular complexity index is 2450. The number of sulfonamides is 1. The molecule has 2 aromatic rings. The summed E-state index contributed by atoms with van der Waals surface area (Å²) in [5, 5.41) is 16.7. The Hall–Kier alpha value is -4.23. The number of aryl methyl sites for hydroxylation is 2. The molecule has 4 N–H and O–H groups in total. The second kappa shape index (κ2) is 18.9. The van der Waals surface area contributed by atoms with Gasteiger partial charge in [0.2, 0.25) is 5.88 Å². The van der Waals surface area contributed by atoms with E-state index >= 15 is 0 Å². The van der Waals surface area contributed by atoms with E-state index in [-0.39, 0.29) is 42.3 Å². The summed E-state index contributed by atoms with van der Waals surface area (Å²) in [6.07, 6.45) is 6.53. The number of rotatable bonds is 18. The SMILES string of the molecule is C=C[C@@H]1[I-][C@]1(NC(=O)[C@@H]1C[C@@H](O)CN1C(=O)[C@@H](NC(=O)OCC(C)(C)CCCc1cc2c(C)cc(OS(=O)(=O)C(F)(F)F)nc2cc1OC)C1CCCCC1)C(=O)NS(=O)(=O)C1=CC1. The summed E-state index contributed by atoms with van der Waals surface area (Å²) in [7, 11) is -8.57. The third kappa shape index (κ3) is 11.2. The Labute approximate surface area is 379 Å². The molecule has 3 heterocycles. The number of hydrogen-bond acceptors (Lipinski definition) is 13. The van der Waals surface area contributed by atoms with Gasteiger partial charge in [0.25, 0.3) is 0 Å². The van der Waals surface area contributed by atoms with E-state index < -0.39 is 108 Å². The number of likely N-dealkylation sites (tertiary alicyclic amines) is 1. The molecule has 0 radical (unpaired) electrons. The van der Waals surface area contributed by atoms with Crippen molar-refractivity contribution >= 4 is 54.9 Å². The zero-order chi connectivity index (χ0) is 47.0. The molecular formula is C41H52F3IN5O12S2-. The Morgan fingerprint density at radius 2 is 1.80 bits per heavy atom. The van der Waals surface area contributed by atoms with Gasteiger partial charge in [-0.2, -0.15) is 21.6 Å². The summed E-state index contributed by atoms with van der Waals surface area (Å²) in [5.74, 6) is -2.85. The fourth-order valence-electron chi connectivity index (χ4n) is 8.09. The first-order valence-corrected chi connectivity index (χ1v) is 25.9. The Morgan fingerprint density at radius 3 is 2.41 bits per heavy atom. The van der Waals surface area contributed by atoms with Crippen LogP contribution in [0, 0.1) is 18.3 Å². The molecule has 2 saturated heterocycles. The molecule has 2 aliphatic carbocycles. The van der Waals surface area contributed by atoms with Gasteiger partial charge < -0.3 is 8.92 Å². The number of allylic oxidation sites excluding steroid dienone is 2. The molecule has 2 aliphatic heterocycles. The predicted octanol–water partition coefficient (Wildman–Crippen LogP) is 0.969. The number of nitrogens with zero attached hydrogens (tertiary/aromatic N) is 2. The Balaban J connectivity index is 1.08. The van der Waals surface area contributed by atoms with Crippen molar-refractivity contribution in [2.24, 2.45) is 11.3 Å². The molecule has 0 bridgehead atoms. The molecule has 0 spiro atoms. The van der Waals surface area contributed by atoms with E-state index in [1.807, 2.05) is 13.8 Å². The summed E-state index contributed by atoms with van der Waals surface area (Å²) in [5.41, 5.74) is -4.87. The van der Waals surface area contributed by atoms with Gasteiger partial charge in [-0.1, -0.05) is 13.8 Å². The summed E-state index contributed by atoms with van der Waals surface area (Å²) in [6, 6.07) is 2.04. The summed E-state index contributed by atoms with van der Waals surface area (Å²) >= 11 is -1.09. The number of fused-ring (bicyclic) bond motifs is 1. The Kier molecular flexibility index (Phi) is 14.6. The van der Waals surface area contributed by atoms with Crippen molar-refractivity contribution in [2.45, 2.75) is 116 Å². The van der Waals surface area contributed by atoms with Gasteiger partial charge >= 0.3 is 247 Å². The van der Waals surface area contributed by atoms with Gasteiger partial charge in [-0.25, -0.2) is 4.98 Å². The number of ether oxygens (including phenoxy) is 2. The van der Waals surface area contributed by atoms with E-state index in [2.05, 4.69) is 31.1 Å². The number of carbonyl (C=O) groups is 4.